The fraction of sp³-hybridized carbons (Fsp3) is 0.667. The normalized spacial score (nSPS) is 11.8. The lowest BCUT2D eigenvalue weighted by Crippen LogP contribution is -2.18. The summed E-state index contributed by atoms with van der Waals surface area (Å²) in [6.07, 6.45) is -0.256. The molecule has 0 heterocycles. The molecule has 0 aliphatic heterocycles. The van der Waals surface area contributed by atoms with Gasteiger partial charge in [-0.15, -0.1) is 0 Å². The Labute approximate surface area is 59.1 Å². The summed E-state index contributed by atoms with van der Waals surface area (Å²) in [6, 6.07) is 0. The lowest BCUT2D eigenvalue weighted by atomic mass is 10.5. The zero-order chi connectivity index (χ0) is 7.98. The standard InChI is InChI=1S/C6H10O4/c1-3-6(9-4-7)10-5(2)8/h4,6H,3H2,1-2H3. The zero-order valence-corrected chi connectivity index (χ0v) is 5.99. The van der Waals surface area contributed by atoms with E-state index in [1.54, 1.807) is 6.92 Å². The van der Waals surface area contributed by atoms with E-state index < -0.39 is 12.3 Å². The van der Waals surface area contributed by atoms with E-state index in [4.69, 9.17) is 0 Å². The highest BCUT2D eigenvalue weighted by atomic mass is 16.7. The Hall–Kier alpha value is -1.06. The highest BCUT2D eigenvalue weighted by molar-refractivity contribution is 5.66. The molecule has 4 heteroatoms. The van der Waals surface area contributed by atoms with Crippen LogP contribution in [0, 0.1) is 0 Å². The van der Waals surface area contributed by atoms with Crippen LogP contribution in [-0.4, -0.2) is 18.7 Å². The SMILES string of the molecule is CCC(OC=O)OC(C)=O. The van der Waals surface area contributed by atoms with E-state index in [1.807, 2.05) is 0 Å². The molecule has 0 saturated heterocycles. The fourth-order valence-corrected chi connectivity index (χ4v) is 0.454. The van der Waals surface area contributed by atoms with Gasteiger partial charge in [-0.3, -0.25) is 9.59 Å². The van der Waals surface area contributed by atoms with Crippen molar-refractivity contribution in [2.75, 3.05) is 0 Å². The van der Waals surface area contributed by atoms with Crippen LogP contribution in [0.1, 0.15) is 20.3 Å². The van der Waals surface area contributed by atoms with Gasteiger partial charge in [0.1, 0.15) is 0 Å². The van der Waals surface area contributed by atoms with Crippen LogP contribution in [0.5, 0.6) is 0 Å². The van der Waals surface area contributed by atoms with Crippen LogP contribution in [0.15, 0.2) is 0 Å². The highest BCUT2D eigenvalue weighted by Gasteiger charge is 2.07. The first-order valence-corrected chi connectivity index (χ1v) is 2.97. The molecule has 58 valence electrons. The molecule has 0 fully saturated rings. The summed E-state index contributed by atoms with van der Waals surface area (Å²) in [6.45, 7) is 3.27. The molecule has 10 heavy (non-hydrogen) atoms. The molecule has 0 saturated carbocycles. The molecule has 0 aromatic heterocycles. The van der Waals surface area contributed by atoms with Gasteiger partial charge in [-0.1, -0.05) is 6.92 Å². The Morgan fingerprint density at radius 1 is 1.70 bits per heavy atom. The molecule has 1 atom stereocenters. The first-order chi connectivity index (χ1) is 4.70. The van der Waals surface area contributed by atoms with E-state index in [1.165, 1.54) is 6.92 Å². The van der Waals surface area contributed by atoms with Crippen LogP contribution < -0.4 is 0 Å². The fourth-order valence-electron chi connectivity index (χ4n) is 0.454. The molecule has 0 bridgehead atoms. The third-order valence-corrected chi connectivity index (χ3v) is 0.838. The minimum Gasteiger partial charge on any atom is -0.427 e. The average molecular weight is 146 g/mol. The second-order valence-electron chi connectivity index (χ2n) is 1.68. The maximum Gasteiger partial charge on any atom is 0.305 e. The Balaban J connectivity index is 3.59. The van der Waals surface area contributed by atoms with Gasteiger partial charge in [-0.2, -0.15) is 0 Å². The van der Waals surface area contributed by atoms with Crippen molar-refractivity contribution in [2.45, 2.75) is 26.6 Å². The maximum atomic E-state index is 10.3. The topological polar surface area (TPSA) is 52.6 Å². The van der Waals surface area contributed by atoms with E-state index in [9.17, 15) is 9.59 Å². The van der Waals surface area contributed by atoms with E-state index in [0.717, 1.165) is 0 Å². The molecule has 0 amide bonds. The third-order valence-electron chi connectivity index (χ3n) is 0.838. The Morgan fingerprint density at radius 3 is 2.60 bits per heavy atom. The molecule has 0 spiro atoms. The van der Waals surface area contributed by atoms with Gasteiger partial charge in [0.05, 0.1) is 0 Å². The predicted octanol–water partition coefficient (Wildman–Crippen LogP) is 0.459. The summed E-state index contributed by atoms with van der Waals surface area (Å²) in [7, 11) is 0. The quantitative estimate of drug-likeness (QED) is 0.328. The summed E-state index contributed by atoms with van der Waals surface area (Å²) in [4.78, 5) is 20.0. The highest BCUT2D eigenvalue weighted by Crippen LogP contribution is 1.97. The van der Waals surface area contributed by atoms with Gasteiger partial charge < -0.3 is 9.47 Å². The van der Waals surface area contributed by atoms with Crippen molar-refractivity contribution < 1.29 is 19.1 Å². The zero-order valence-electron chi connectivity index (χ0n) is 5.99. The summed E-state index contributed by atoms with van der Waals surface area (Å²) in [5.74, 6) is -0.450. The van der Waals surface area contributed by atoms with Crippen molar-refractivity contribution in [1.29, 1.82) is 0 Å². The lowest BCUT2D eigenvalue weighted by Gasteiger charge is -2.11. The van der Waals surface area contributed by atoms with Gasteiger partial charge in [-0.05, 0) is 0 Å². The summed E-state index contributed by atoms with van der Waals surface area (Å²) in [5.41, 5.74) is 0. The molecule has 0 aliphatic rings. The Morgan fingerprint density at radius 2 is 2.30 bits per heavy atom. The van der Waals surface area contributed by atoms with Crippen molar-refractivity contribution >= 4 is 12.4 Å². The monoisotopic (exact) mass is 146 g/mol. The van der Waals surface area contributed by atoms with Gasteiger partial charge in [-0.25, -0.2) is 0 Å². The number of hydrogen-bond donors (Lipinski definition) is 0. The van der Waals surface area contributed by atoms with Crippen molar-refractivity contribution in [3.63, 3.8) is 0 Å². The molecule has 0 radical (unpaired) electrons. The number of rotatable bonds is 4. The van der Waals surface area contributed by atoms with Gasteiger partial charge in [0.2, 0.25) is 6.29 Å². The van der Waals surface area contributed by atoms with E-state index in [0.29, 0.717) is 6.42 Å². The van der Waals surface area contributed by atoms with Crippen LogP contribution in [0.25, 0.3) is 0 Å². The molecule has 0 aromatic carbocycles. The van der Waals surface area contributed by atoms with Gasteiger partial charge in [0, 0.05) is 13.3 Å². The van der Waals surface area contributed by atoms with E-state index in [-0.39, 0.29) is 6.47 Å². The molecule has 0 N–H and O–H groups in total. The van der Waals surface area contributed by atoms with Gasteiger partial charge in [0.15, 0.2) is 0 Å². The number of carbonyl (C=O) groups is 2. The van der Waals surface area contributed by atoms with Crippen LogP contribution >= 0.6 is 0 Å². The molecular weight excluding hydrogens is 136 g/mol. The number of carbonyl (C=O) groups excluding carboxylic acids is 2. The van der Waals surface area contributed by atoms with E-state index in [2.05, 4.69) is 9.47 Å². The lowest BCUT2D eigenvalue weighted by molar-refractivity contribution is -0.178. The molecule has 4 nitrogen and oxygen atoms in total. The second-order valence-corrected chi connectivity index (χ2v) is 1.68. The predicted molar refractivity (Wildman–Crippen MR) is 33.0 cm³/mol. The molecule has 0 aliphatic carbocycles. The number of ether oxygens (including phenoxy) is 2. The summed E-state index contributed by atoms with van der Waals surface area (Å²) < 4.78 is 8.93. The number of esters is 1. The van der Waals surface area contributed by atoms with Crippen molar-refractivity contribution in [3.8, 4) is 0 Å². The molecule has 0 aromatic rings. The van der Waals surface area contributed by atoms with E-state index >= 15 is 0 Å². The minimum absolute atomic E-state index is 0.261. The maximum absolute atomic E-state index is 10.3. The van der Waals surface area contributed by atoms with Gasteiger partial charge >= 0.3 is 5.97 Å². The van der Waals surface area contributed by atoms with Crippen LogP contribution in [0.3, 0.4) is 0 Å². The smallest absolute Gasteiger partial charge is 0.305 e. The van der Waals surface area contributed by atoms with Crippen LogP contribution in [0.2, 0.25) is 0 Å². The minimum atomic E-state index is -0.727. The van der Waals surface area contributed by atoms with Crippen molar-refractivity contribution in [3.05, 3.63) is 0 Å². The largest absolute Gasteiger partial charge is 0.427 e. The summed E-state index contributed by atoms with van der Waals surface area (Å²) >= 11 is 0. The van der Waals surface area contributed by atoms with Crippen molar-refractivity contribution in [1.82, 2.24) is 0 Å². The molecular formula is C6H10O4. The average Bonchev–Trinajstić information content (AvgIpc) is 1.86. The second kappa shape index (κ2) is 4.78. The Kier molecular flexibility index (Phi) is 4.28. The number of hydrogen-bond acceptors (Lipinski definition) is 4. The van der Waals surface area contributed by atoms with Crippen LogP contribution in [0.4, 0.5) is 0 Å². The third kappa shape index (κ3) is 3.88. The Bertz CT molecular complexity index is 121. The van der Waals surface area contributed by atoms with Crippen molar-refractivity contribution in [2.24, 2.45) is 0 Å². The van der Waals surface area contributed by atoms with Crippen LogP contribution in [-0.2, 0) is 19.1 Å². The molecule has 0 rings (SSSR count). The summed E-state index contributed by atoms with van der Waals surface area (Å²) in [5, 5.41) is 0. The van der Waals surface area contributed by atoms with Gasteiger partial charge in [0.25, 0.3) is 6.47 Å². The first kappa shape index (κ1) is 8.94. The first-order valence-electron chi connectivity index (χ1n) is 2.97. The molecule has 1 unspecified atom stereocenters.